The van der Waals surface area contributed by atoms with Crippen LogP contribution in [0.2, 0.25) is 5.02 Å². The van der Waals surface area contributed by atoms with E-state index in [-0.39, 0.29) is 11.7 Å². The van der Waals surface area contributed by atoms with E-state index in [1.807, 2.05) is 91.2 Å². The summed E-state index contributed by atoms with van der Waals surface area (Å²) in [6.07, 6.45) is -0.423. The van der Waals surface area contributed by atoms with Crippen molar-refractivity contribution in [2.24, 2.45) is 0 Å². The number of para-hydroxylation sites is 2. The number of thioether (sulfide) groups is 1. The van der Waals surface area contributed by atoms with Gasteiger partial charge in [-0.1, -0.05) is 65.8 Å². The first kappa shape index (κ1) is 22.9. The van der Waals surface area contributed by atoms with E-state index in [4.69, 9.17) is 16.3 Å². The molecule has 0 aliphatic heterocycles. The van der Waals surface area contributed by atoms with Crippen LogP contribution in [0.5, 0.6) is 5.75 Å². The number of rotatable bonds is 8. The number of carbonyl (C=O) groups excluding carboxylic acids is 1. The van der Waals surface area contributed by atoms with Crippen LogP contribution < -0.4 is 10.1 Å². The van der Waals surface area contributed by atoms with Gasteiger partial charge < -0.3 is 10.1 Å². The maximum atomic E-state index is 12.5. The van der Waals surface area contributed by atoms with Gasteiger partial charge in [-0.05, 0) is 55.8 Å². The van der Waals surface area contributed by atoms with Gasteiger partial charge >= 0.3 is 0 Å². The molecule has 1 atom stereocenters. The molecule has 8 heteroatoms. The average molecular weight is 479 g/mol. The number of hydrogen-bond acceptors (Lipinski definition) is 5. The molecule has 168 valence electrons. The van der Waals surface area contributed by atoms with E-state index >= 15 is 0 Å². The fraction of sp³-hybridized carbons (Fsp3) is 0.160. The average Bonchev–Trinajstić information content (AvgIpc) is 3.24. The Morgan fingerprint density at radius 2 is 1.82 bits per heavy atom. The molecule has 0 bridgehead atoms. The van der Waals surface area contributed by atoms with Crippen LogP contribution in [0.4, 0.5) is 5.69 Å². The second-order valence-electron chi connectivity index (χ2n) is 7.41. The molecule has 0 fully saturated rings. The van der Waals surface area contributed by atoms with Crippen molar-refractivity contribution in [1.29, 1.82) is 0 Å². The topological polar surface area (TPSA) is 69.0 Å². The van der Waals surface area contributed by atoms with Gasteiger partial charge in [-0.2, -0.15) is 0 Å². The first-order valence-electron chi connectivity index (χ1n) is 10.4. The van der Waals surface area contributed by atoms with Crippen molar-refractivity contribution in [3.05, 3.63) is 95.3 Å². The summed E-state index contributed by atoms with van der Waals surface area (Å²) in [5, 5.41) is 12.8. The molecule has 1 amide bonds. The minimum absolute atomic E-state index is 0.116. The maximum Gasteiger partial charge on any atom is 0.234 e. The van der Waals surface area contributed by atoms with Gasteiger partial charge in [0.1, 0.15) is 5.75 Å². The molecule has 1 aromatic heterocycles. The van der Waals surface area contributed by atoms with Crippen molar-refractivity contribution in [1.82, 2.24) is 14.8 Å². The van der Waals surface area contributed by atoms with E-state index < -0.39 is 6.10 Å². The molecule has 0 radical (unpaired) electrons. The van der Waals surface area contributed by atoms with Crippen molar-refractivity contribution >= 4 is 35.0 Å². The molecule has 0 saturated heterocycles. The third-order valence-corrected chi connectivity index (χ3v) is 6.05. The quantitative estimate of drug-likeness (QED) is 0.310. The van der Waals surface area contributed by atoms with Crippen LogP contribution >= 0.6 is 23.4 Å². The maximum absolute atomic E-state index is 12.5. The third-order valence-electron chi connectivity index (χ3n) is 4.81. The van der Waals surface area contributed by atoms with E-state index in [1.165, 1.54) is 11.8 Å². The van der Waals surface area contributed by atoms with Gasteiger partial charge in [0.15, 0.2) is 17.1 Å². The van der Waals surface area contributed by atoms with Crippen molar-refractivity contribution in [2.75, 3.05) is 11.1 Å². The summed E-state index contributed by atoms with van der Waals surface area (Å²) in [4.78, 5) is 12.5. The lowest BCUT2D eigenvalue weighted by molar-refractivity contribution is -0.113. The van der Waals surface area contributed by atoms with Crippen LogP contribution in [0.15, 0.2) is 84.0 Å². The fourth-order valence-corrected chi connectivity index (χ4v) is 4.23. The molecule has 0 spiro atoms. The summed E-state index contributed by atoms with van der Waals surface area (Å²) in [7, 11) is 0. The third kappa shape index (κ3) is 5.74. The summed E-state index contributed by atoms with van der Waals surface area (Å²) >= 11 is 7.58. The zero-order valence-corrected chi connectivity index (χ0v) is 19.8. The van der Waals surface area contributed by atoms with Gasteiger partial charge in [0.2, 0.25) is 5.91 Å². The van der Waals surface area contributed by atoms with E-state index in [1.54, 1.807) is 6.07 Å². The largest absolute Gasteiger partial charge is 0.481 e. The summed E-state index contributed by atoms with van der Waals surface area (Å²) < 4.78 is 7.99. The number of ether oxygens (including phenoxy) is 1. The summed E-state index contributed by atoms with van der Waals surface area (Å²) in [5.74, 6) is 1.26. The lowest BCUT2D eigenvalue weighted by Crippen LogP contribution is -2.15. The molecule has 4 rings (SSSR count). The molecule has 33 heavy (non-hydrogen) atoms. The molecule has 4 aromatic rings. The van der Waals surface area contributed by atoms with E-state index in [0.717, 1.165) is 16.9 Å². The summed E-state index contributed by atoms with van der Waals surface area (Å²) in [5.41, 5.74) is 2.74. The Kier molecular flexibility index (Phi) is 7.32. The second-order valence-corrected chi connectivity index (χ2v) is 8.76. The summed E-state index contributed by atoms with van der Waals surface area (Å²) in [6.45, 7) is 3.88. The van der Waals surface area contributed by atoms with Crippen molar-refractivity contribution in [2.45, 2.75) is 25.1 Å². The molecular weight excluding hydrogens is 456 g/mol. The minimum atomic E-state index is -0.423. The smallest absolute Gasteiger partial charge is 0.234 e. The van der Waals surface area contributed by atoms with Gasteiger partial charge in [0.05, 0.1) is 10.8 Å². The molecule has 0 aliphatic rings. The highest BCUT2D eigenvalue weighted by molar-refractivity contribution is 7.99. The molecule has 0 aliphatic carbocycles. The Balaban J connectivity index is 1.55. The molecule has 6 nitrogen and oxygen atoms in total. The van der Waals surface area contributed by atoms with Crippen molar-refractivity contribution in [3.63, 3.8) is 0 Å². The lowest BCUT2D eigenvalue weighted by atomic mass is 10.2. The highest BCUT2D eigenvalue weighted by Crippen LogP contribution is 2.31. The predicted octanol–water partition coefficient (Wildman–Crippen LogP) is 6.10. The van der Waals surface area contributed by atoms with Crippen LogP contribution in [0.25, 0.3) is 5.69 Å². The Labute approximate surface area is 202 Å². The van der Waals surface area contributed by atoms with Crippen molar-refractivity contribution in [3.8, 4) is 11.4 Å². The summed E-state index contributed by atoms with van der Waals surface area (Å²) in [6, 6.07) is 24.8. The lowest BCUT2D eigenvalue weighted by Gasteiger charge is -2.17. The van der Waals surface area contributed by atoms with Gasteiger partial charge in [-0.3, -0.25) is 9.36 Å². The normalized spacial score (nSPS) is 11.7. The zero-order valence-electron chi connectivity index (χ0n) is 18.2. The SMILES string of the molecule is Cc1cccc(NC(=O)CSc2nnc(C(C)Oc3ccccc3Cl)n2-c2ccccc2)c1. The number of benzene rings is 3. The standard InChI is InChI=1S/C25H23ClN4O2S/c1-17-9-8-10-19(15-17)27-23(31)16-33-25-29-28-24(30(25)20-11-4-3-5-12-20)18(2)32-22-14-7-6-13-21(22)26/h3-15,18H,16H2,1-2H3,(H,27,31). The van der Waals surface area contributed by atoms with Crippen LogP contribution in [-0.2, 0) is 4.79 Å². The molecule has 0 saturated carbocycles. The molecule has 1 N–H and O–H groups in total. The Hall–Kier alpha value is -3.29. The highest BCUT2D eigenvalue weighted by Gasteiger charge is 2.22. The van der Waals surface area contributed by atoms with Crippen LogP contribution in [0.3, 0.4) is 0 Å². The predicted molar refractivity (Wildman–Crippen MR) is 132 cm³/mol. The minimum Gasteiger partial charge on any atom is -0.481 e. The number of amides is 1. The zero-order chi connectivity index (χ0) is 23.2. The van der Waals surface area contributed by atoms with Crippen LogP contribution in [-0.4, -0.2) is 26.4 Å². The Morgan fingerprint density at radius 1 is 1.06 bits per heavy atom. The monoisotopic (exact) mass is 478 g/mol. The van der Waals surface area contributed by atoms with Gasteiger partial charge in [-0.25, -0.2) is 0 Å². The first-order valence-corrected chi connectivity index (χ1v) is 11.8. The van der Waals surface area contributed by atoms with Gasteiger partial charge in [0.25, 0.3) is 0 Å². The number of carbonyl (C=O) groups is 1. The number of nitrogens with zero attached hydrogens (tertiary/aromatic N) is 3. The number of aryl methyl sites for hydroxylation is 1. The first-order chi connectivity index (χ1) is 16.0. The van der Waals surface area contributed by atoms with Crippen LogP contribution in [0, 0.1) is 6.92 Å². The van der Waals surface area contributed by atoms with E-state index in [2.05, 4.69) is 15.5 Å². The number of hydrogen-bond donors (Lipinski definition) is 1. The molecular formula is C25H23ClN4O2S. The number of anilines is 1. The van der Waals surface area contributed by atoms with Gasteiger partial charge in [0, 0.05) is 11.4 Å². The van der Waals surface area contributed by atoms with E-state index in [9.17, 15) is 4.79 Å². The second kappa shape index (κ2) is 10.6. The molecule has 1 unspecified atom stereocenters. The van der Waals surface area contributed by atoms with Crippen molar-refractivity contribution < 1.29 is 9.53 Å². The number of halogens is 1. The fourth-order valence-electron chi connectivity index (χ4n) is 3.29. The van der Waals surface area contributed by atoms with Gasteiger partial charge in [-0.15, -0.1) is 10.2 Å². The number of aromatic nitrogens is 3. The van der Waals surface area contributed by atoms with E-state index in [0.29, 0.717) is 21.8 Å². The molecule has 1 heterocycles. The highest BCUT2D eigenvalue weighted by atomic mass is 35.5. The molecule has 3 aromatic carbocycles. The Bertz CT molecular complexity index is 1250. The Morgan fingerprint density at radius 3 is 2.58 bits per heavy atom. The van der Waals surface area contributed by atoms with Crippen LogP contribution in [0.1, 0.15) is 24.4 Å². The number of nitrogens with one attached hydrogen (secondary N) is 1.